The highest BCUT2D eigenvalue weighted by molar-refractivity contribution is 14.1. The average Bonchev–Trinajstić information content (AvgIpc) is 2.17. The van der Waals surface area contributed by atoms with E-state index < -0.39 is 0 Å². The van der Waals surface area contributed by atoms with Gasteiger partial charge in [0.1, 0.15) is 0 Å². The topological polar surface area (TPSA) is 23.8 Å². The molecule has 2 aromatic carbocycles. The molecule has 0 aliphatic carbocycles. The highest BCUT2D eigenvalue weighted by Crippen LogP contribution is 2.19. The summed E-state index contributed by atoms with van der Waals surface area (Å²) in [5.74, 6) is 0. The third-order valence-electron chi connectivity index (χ3n) is 2.15. The molecular formula is C12H8IN. The van der Waals surface area contributed by atoms with Gasteiger partial charge in [-0.2, -0.15) is 5.26 Å². The Morgan fingerprint density at radius 3 is 2.64 bits per heavy atom. The SMILES string of the molecule is N#CCc1ccc2ccc(I)cc2c1. The third-order valence-corrected chi connectivity index (χ3v) is 2.82. The highest BCUT2D eigenvalue weighted by Gasteiger charge is 1.96. The van der Waals surface area contributed by atoms with Crippen molar-refractivity contribution in [2.45, 2.75) is 6.42 Å². The first-order valence-electron chi connectivity index (χ1n) is 4.35. The Bertz CT molecular complexity index is 511. The number of fused-ring (bicyclic) bond motifs is 1. The van der Waals surface area contributed by atoms with E-state index in [0.717, 1.165) is 5.56 Å². The van der Waals surface area contributed by atoms with Crippen molar-refractivity contribution in [1.82, 2.24) is 0 Å². The molecule has 0 aromatic heterocycles. The van der Waals surface area contributed by atoms with Gasteiger partial charge < -0.3 is 0 Å². The van der Waals surface area contributed by atoms with Crippen molar-refractivity contribution in [3.05, 3.63) is 45.5 Å². The summed E-state index contributed by atoms with van der Waals surface area (Å²) in [6.07, 6.45) is 0.488. The molecule has 2 heteroatoms. The molecule has 68 valence electrons. The van der Waals surface area contributed by atoms with E-state index in [9.17, 15) is 0 Å². The molecular weight excluding hydrogens is 285 g/mol. The smallest absolute Gasteiger partial charge is 0.0669 e. The Kier molecular flexibility index (Phi) is 2.69. The van der Waals surface area contributed by atoms with E-state index in [1.807, 2.05) is 6.07 Å². The molecule has 0 bridgehead atoms. The molecule has 0 saturated heterocycles. The molecule has 0 aliphatic rings. The molecule has 2 rings (SSSR count). The highest BCUT2D eigenvalue weighted by atomic mass is 127. The first-order chi connectivity index (χ1) is 6.79. The molecule has 14 heavy (non-hydrogen) atoms. The quantitative estimate of drug-likeness (QED) is 0.738. The van der Waals surface area contributed by atoms with Gasteiger partial charge in [-0.15, -0.1) is 0 Å². The van der Waals surface area contributed by atoms with Gasteiger partial charge in [0.15, 0.2) is 0 Å². The standard InChI is InChI=1S/C12H8IN/c13-12-4-3-10-2-1-9(5-6-14)7-11(10)8-12/h1-4,7-8H,5H2. The maximum atomic E-state index is 8.59. The molecule has 0 N–H and O–H groups in total. The molecule has 0 heterocycles. The normalized spacial score (nSPS) is 10.0. The predicted molar refractivity (Wildman–Crippen MR) is 66.0 cm³/mol. The minimum Gasteiger partial charge on any atom is -0.198 e. The number of hydrogen-bond acceptors (Lipinski definition) is 1. The first kappa shape index (κ1) is 9.47. The Morgan fingerprint density at radius 1 is 1.07 bits per heavy atom. The Balaban J connectivity index is 2.59. The predicted octanol–water partition coefficient (Wildman–Crippen LogP) is 3.51. The molecule has 1 nitrogen and oxygen atoms in total. The van der Waals surface area contributed by atoms with Crippen LogP contribution in [0.25, 0.3) is 10.8 Å². The van der Waals surface area contributed by atoms with Gasteiger partial charge in [-0.25, -0.2) is 0 Å². The zero-order valence-electron chi connectivity index (χ0n) is 7.50. The van der Waals surface area contributed by atoms with E-state index in [-0.39, 0.29) is 0 Å². The van der Waals surface area contributed by atoms with Crippen LogP contribution in [0.5, 0.6) is 0 Å². The monoisotopic (exact) mass is 293 g/mol. The van der Waals surface area contributed by atoms with Gasteiger partial charge in [0.05, 0.1) is 12.5 Å². The minimum atomic E-state index is 0.488. The zero-order chi connectivity index (χ0) is 9.97. The van der Waals surface area contributed by atoms with Gasteiger partial charge in [0.2, 0.25) is 0 Å². The number of nitriles is 1. The van der Waals surface area contributed by atoms with Crippen molar-refractivity contribution in [2.75, 3.05) is 0 Å². The Morgan fingerprint density at radius 2 is 1.86 bits per heavy atom. The molecule has 0 saturated carbocycles. The van der Waals surface area contributed by atoms with Crippen molar-refractivity contribution in [3.8, 4) is 6.07 Å². The Hall–Kier alpha value is -1.08. The fourth-order valence-electron chi connectivity index (χ4n) is 1.47. The van der Waals surface area contributed by atoms with Crippen LogP contribution in [-0.4, -0.2) is 0 Å². The molecule has 0 aliphatic heterocycles. The lowest BCUT2D eigenvalue weighted by molar-refractivity contribution is 1.27. The van der Waals surface area contributed by atoms with Crippen LogP contribution in [0.4, 0.5) is 0 Å². The molecule has 0 fully saturated rings. The third kappa shape index (κ3) is 1.88. The van der Waals surface area contributed by atoms with Gasteiger partial charge >= 0.3 is 0 Å². The van der Waals surface area contributed by atoms with Crippen LogP contribution in [0.1, 0.15) is 5.56 Å². The van der Waals surface area contributed by atoms with Gasteiger partial charge in [0.25, 0.3) is 0 Å². The average molecular weight is 293 g/mol. The van der Waals surface area contributed by atoms with Crippen molar-refractivity contribution in [1.29, 1.82) is 5.26 Å². The number of rotatable bonds is 1. The lowest BCUT2D eigenvalue weighted by atomic mass is 10.1. The van der Waals surface area contributed by atoms with E-state index in [2.05, 4.69) is 59.0 Å². The van der Waals surface area contributed by atoms with Gasteiger partial charge in [-0.05, 0) is 51.1 Å². The molecule has 0 radical (unpaired) electrons. The second-order valence-corrected chi connectivity index (χ2v) is 4.41. The summed E-state index contributed by atoms with van der Waals surface area (Å²) in [4.78, 5) is 0. The summed E-state index contributed by atoms with van der Waals surface area (Å²) >= 11 is 2.30. The molecule has 0 amide bonds. The van der Waals surface area contributed by atoms with Crippen LogP contribution in [-0.2, 0) is 6.42 Å². The van der Waals surface area contributed by atoms with Crippen LogP contribution in [0.3, 0.4) is 0 Å². The number of hydrogen-bond donors (Lipinski definition) is 0. The van der Waals surface area contributed by atoms with Crippen LogP contribution >= 0.6 is 22.6 Å². The molecule has 0 atom stereocenters. The summed E-state index contributed by atoms with van der Waals surface area (Å²) in [5.41, 5.74) is 1.09. The van der Waals surface area contributed by atoms with Crippen molar-refractivity contribution in [2.24, 2.45) is 0 Å². The summed E-state index contributed by atoms with van der Waals surface area (Å²) in [6.45, 7) is 0. The van der Waals surface area contributed by atoms with Crippen molar-refractivity contribution < 1.29 is 0 Å². The lowest BCUT2D eigenvalue weighted by Crippen LogP contribution is -1.82. The van der Waals surface area contributed by atoms with Crippen molar-refractivity contribution >= 4 is 33.4 Å². The van der Waals surface area contributed by atoms with Gasteiger partial charge in [-0.1, -0.05) is 24.3 Å². The van der Waals surface area contributed by atoms with E-state index in [4.69, 9.17) is 5.26 Å². The first-order valence-corrected chi connectivity index (χ1v) is 5.42. The van der Waals surface area contributed by atoms with E-state index in [1.165, 1.54) is 14.3 Å². The summed E-state index contributed by atoms with van der Waals surface area (Å²) < 4.78 is 1.23. The summed E-state index contributed by atoms with van der Waals surface area (Å²) in [7, 11) is 0. The van der Waals surface area contributed by atoms with Crippen LogP contribution in [0.15, 0.2) is 36.4 Å². The lowest BCUT2D eigenvalue weighted by Gasteiger charge is -2.00. The molecule has 2 aromatic rings. The maximum Gasteiger partial charge on any atom is 0.0669 e. The van der Waals surface area contributed by atoms with Crippen LogP contribution in [0, 0.1) is 14.9 Å². The molecule has 0 spiro atoms. The number of nitrogens with zero attached hydrogens (tertiary/aromatic N) is 1. The molecule has 0 unspecified atom stereocenters. The van der Waals surface area contributed by atoms with Crippen molar-refractivity contribution in [3.63, 3.8) is 0 Å². The fraction of sp³-hybridized carbons (Fsp3) is 0.0833. The van der Waals surface area contributed by atoms with E-state index in [1.54, 1.807) is 0 Å². The van der Waals surface area contributed by atoms with Crippen LogP contribution in [0.2, 0.25) is 0 Å². The fourth-order valence-corrected chi connectivity index (χ4v) is 1.98. The van der Waals surface area contributed by atoms with E-state index >= 15 is 0 Å². The zero-order valence-corrected chi connectivity index (χ0v) is 9.65. The largest absolute Gasteiger partial charge is 0.198 e. The number of benzene rings is 2. The summed E-state index contributed by atoms with van der Waals surface area (Å²) in [6, 6.07) is 14.7. The second kappa shape index (κ2) is 3.97. The number of halogens is 1. The minimum absolute atomic E-state index is 0.488. The second-order valence-electron chi connectivity index (χ2n) is 3.16. The summed E-state index contributed by atoms with van der Waals surface area (Å²) in [5, 5.41) is 11.0. The maximum absolute atomic E-state index is 8.59. The van der Waals surface area contributed by atoms with Gasteiger partial charge in [0, 0.05) is 3.57 Å². The Labute approximate surface area is 96.5 Å². The van der Waals surface area contributed by atoms with Crippen LogP contribution < -0.4 is 0 Å². The van der Waals surface area contributed by atoms with Gasteiger partial charge in [-0.3, -0.25) is 0 Å². The van der Waals surface area contributed by atoms with E-state index in [0.29, 0.717) is 6.42 Å².